The Balaban J connectivity index is 1.68. The molecule has 1 amide bonds. The number of hydrogen-bond acceptors (Lipinski definition) is 4. The molecule has 0 bridgehead atoms. The van der Waals surface area contributed by atoms with Crippen molar-refractivity contribution < 1.29 is 23.8 Å². The molecule has 3 atom stereocenters. The molecule has 0 spiro atoms. The van der Waals surface area contributed by atoms with Crippen LogP contribution in [0.4, 0.5) is 0 Å². The number of carboxylic acid groups (broad SMARTS) is 1. The Morgan fingerprint density at radius 1 is 1.30 bits per heavy atom. The normalized spacial score (nSPS) is 27.5. The van der Waals surface area contributed by atoms with E-state index in [1.807, 2.05) is 17.0 Å². The summed E-state index contributed by atoms with van der Waals surface area (Å²) in [6, 6.07) is 3.77. The molecule has 0 aromatic carbocycles. The molecule has 0 radical (unpaired) electrons. The van der Waals surface area contributed by atoms with Crippen molar-refractivity contribution in [2.75, 3.05) is 13.7 Å². The zero-order valence-electron chi connectivity index (χ0n) is 13.4. The average molecular weight is 321 g/mol. The van der Waals surface area contributed by atoms with Gasteiger partial charge in [0.05, 0.1) is 12.0 Å². The summed E-state index contributed by atoms with van der Waals surface area (Å²) < 4.78 is 10.9. The minimum atomic E-state index is -0.784. The average Bonchev–Trinajstić information content (AvgIpc) is 3.26. The van der Waals surface area contributed by atoms with Crippen LogP contribution in [0.15, 0.2) is 16.5 Å². The minimum Gasteiger partial charge on any atom is -0.481 e. The first-order chi connectivity index (χ1) is 11.1. The van der Waals surface area contributed by atoms with Gasteiger partial charge >= 0.3 is 5.97 Å². The maximum absolute atomic E-state index is 12.8. The molecule has 3 rings (SSSR count). The second-order valence-electron chi connectivity index (χ2n) is 6.47. The molecule has 1 saturated carbocycles. The summed E-state index contributed by atoms with van der Waals surface area (Å²) in [5.41, 5.74) is 0. The van der Waals surface area contributed by atoms with E-state index in [9.17, 15) is 9.59 Å². The summed E-state index contributed by atoms with van der Waals surface area (Å²) in [4.78, 5) is 25.8. The van der Waals surface area contributed by atoms with Crippen molar-refractivity contribution in [3.05, 3.63) is 23.7 Å². The quantitative estimate of drug-likeness (QED) is 0.901. The highest BCUT2D eigenvalue weighted by atomic mass is 16.5. The number of aliphatic carboxylic acids is 1. The molecular weight excluding hydrogens is 298 g/mol. The van der Waals surface area contributed by atoms with Gasteiger partial charge in [0.1, 0.15) is 18.1 Å². The molecule has 2 aliphatic rings. The number of hydrogen-bond donors (Lipinski definition) is 1. The smallest absolute Gasteiger partial charge is 0.306 e. The highest BCUT2D eigenvalue weighted by molar-refractivity contribution is 5.81. The van der Waals surface area contributed by atoms with Gasteiger partial charge in [-0.15, -0.1) is 0 Å². The predicted molar refractivity (Wildman–Crippen MR) is 81.6 cm³/mol. The topological polar surface area (TPSA) is 80.0 Å². The Bertz CT molecular complexity index is 581. The zero-order chi connectivity index (χ0) is 16.4. The van der Waals surface area contributed by atoms with Crippen LogP contribution < -0.4 is 0 Å². The number of ether oxygens (including phenoxy) is 1. The number of rotatable bonds is 5. The number of carboxylic acids is 1. The van der Waals surface area contributed by atoms with E-state index in [4.69, 9.17) is 14.3 Å². The fourth-order valence-corrected chi connectivity index (χ4v) is 3.78. The molecule has 2 fully saturated rings. The summed E-state index contributed by atoms with van der Waals surface area (Å²) >= 11 is 0. The molecule has 1 aliphatic heterocycles. The second kappa shape index (κ2) is 6.74. The van der Waals surface area contributed by atoms with E-state index in [1.165, 1.54) is 0 Å². The molecule has 1 N–H and O–H groups in total. The molecule has 1 aromatic rings. The SMILES string of the molecule is COCc1ccc(C2CCCN2C(=O)[C@@H]2CC[C@H](C(=O)O)C2)o1. The number of carbonyl (C=O) groups is 2. The molecule has 2 heterocycles. The molecular formula is C17H23NO5. The lowest BCUT2D eigenvalue weighted by Crippen LogP contribution is -2.35. The van der Waals surface area contributed by atoms with Crippen molar-refractivity contribution in [3.8, 4) is 0 Å². The monoisotopic (exact) mass is 321 g/mol. The van der Waals surface area contributed by atoms with Crippen LogP contribution in [0.5, 0.6) is 0 Å². The lowest BCUT2D eigenvalue weighted by molar-refractivity contribution is -0.141. The van der Waals surface area contributed by atoms with E-state index >= 15 is 0 Å². The predicted octanol–water partition coefficient (Wildman–Crippen LogP) is 2.59. The van der Waals surface area contributed by atoms with Crippen molar-refractivity contribution >= 4 is 11.9 Å². The van der Waals surface area contributed by atoms with Crippen LogP contribution in [-0.4, -0.2) is 35.5 Å². The summed E-state index contributed by atoms with van der Waals surface area (Å²) in [6.07, 6.45) is 3.58. The summed E-state index contributed by atoms with van der Waals surface area (Å²) in [7, 11) is 1.62. The molecule has 23 heavy (non-hydrogen) atoms. The van der Waals surface area contributed by atoms with Crippen molar-refractivity contribution in [3.63, 3.8) is 0 Å². The third-order valence-corrected chi connectivity index (χ3v) is 4.96. The van der Waals surface area contributed by atoms with Gasteiger partial charge in [-0.1, -0.05) is 0 Å². The zero-order valence-corrected chi connectivity index (χ0v) is 13.4. The van der Waals surface area contributed by atoms with Crippen molar-refractivity contribution in [2.24, 2.45) is 11.8 Å². The second-order valence-corrected chi connectivity index (χ2v) is 6.47. The first-order valence-corrected chi connectivity index (χ1v) is 8.21. The van der Waals surface area contributed by atoms with Gasteiger partial charge < -0.3 is 19.2 Å². The van der Waals surface area contributed by atoms with Gasteiger partial charge in [-0.25, -0.2) is 0 Å². The Kier molecular flexibility index (Phi) is 4.71. The Morgan fingerprint density at radius 3 is 2.78 bits per heavy atom. The summed E-state index contributed by atoms with van der Waals surface area (Å²) in [6.45, 7) is 1.14. The van der Waals surface area contributed by atoms with E-state index < -0.39 is 5.97 Å². The molecule has 1 aliphatic carbocycles. The Labute approximate surface area is 135 Å². The number of furan rings is 1. The van der Waals surface area contributed by atoms with Crippen molar-refractivity contribution in [2.45, 2.75) is 44.8 Å². The van der Waals surface area contributed by atoms with Crippen LogP contribution in [0.2, 0.25) is 0 Å². The number of carbonyl (C=O) groups excluding carboxylic acids is 1. The lowest BCUT2D eigenvalue weighted by Gasteiger charge is -2.26. The van der Waals surface area contributed by atoms with Gasteiger partial charge in [0.2, 0.25) is 5.91 Å². The highest BCUT2D eigenvalue weighted by Crippen LogP contribution is 2.38. The Morgan fingerprint density at radius 2 is 2.09 bits per heavy atom. The maximum Gasteiger partial charge on any atom is 0.306 e. The summed E-state index contributed by atoms with van der Waals surface area (Å²) in [5, 5.41) is 9.11. The maximum atomic E-state index is 12.8. The molecule has 1 saturated heterocycles. The molecule has 1 unspecified atom stereocenters. The van der Waals surface area contributed by atoms with Crippen LogP contribution in [0.1, 0.15) is 49.7 Å². The van der Waals surface area contributed by atoms with E-state index in [0.717, 1.165) is 30.9 Å². The van der Waals surface area contributed by atoms with E-state index in [2.05, 4.69) is 0 Å². The van der Waals surface area contributed by atoms with Crippen LogP contribution >= 0.6 is 0 Å². The van der Waals surface area contributed by atoms with Crippen LogP contribution in [-0.2, 0) is 20.9 Å². The molecule has 126 valence electrons. The first kappa shape index (κ1) is 16.1. The Hall–Kier alpha value is -1.82. The number of amides is 1. The largest absolute Gasteiger partial charge is 0.481 e. The third-order valence-electron chi connectivity index (χ3n) is 4.96. The minimum absolute atomic E-state index is 0.0306. The molecule has 6 heteroatoms. The van der Waals surface area contributed by atoms with Crippen LogP contribution in [0, 0.1) is 11.8 Å². The van der Waals surface area contributed by atoms with E-state index in [-0.39, 0.29) is 23.8 Å². The lowest BCUT2D eigenvalue weighted by atomic mass is 10.0. The van der Waals surface area contributed by atoms with Gasteiger partial charge in [0.15, 0.2) is 0 Å². The van der Waals surface area contributed by atoms with Crippen LogP contribution in [0.3, 0.4) is 0 Å². The summed E-state index contributed by atoms with van der Waals surface area (Å²) in [5.74, 6) is 0.325. The fourth-order valence-electron chi connectivity index (χ4n) is 3.78. The van der Waals surface area contributed by atoms with Gasteiger partial charge in [0.25, 0.3) is 0 Å². The van der Waals surface area contributed by atoms with E-state index in [1.54, 1.807) is 7.11 Å². The third kappa shape index (κ3) is 3.27. The van der Waals surface area contributed by atoms with Crippen molar-refractivity contribution in [1.82, 2.24) is 4.90 Å². The van der Waals surface area contributed by atoms with Crippen LogP contribution in [0.25, 0.3) is 0 Å². The first-order valence-electron chi connectivity index (χ1n) is 8.21. The molecule has 6 nitrogen and oxygen atoms in total. The van der Waals surface area contributed by atoms with Gasteiger partial charge in [0, 0.05) is 19.6 Å². The number of likely N-dealkylation sites (tertiary alicyclic amines) is 1. The highest BCUT2D eigenvalue weighted by Gasteiger charge is 2.40. The van der Waals surface area contributed by atoms with Crippen molar-refractivity contribution in [1.29, 1.82) is 0 Å². The molecule has 1 aromatic heterocycles. The van der Waals surface area contributed by atoms with Gasteiger partial charge in [-0.05, 0) is 44.2 Å². The van der Waals surface area contributed by atoms with Gasteiger partial charge in [-0.2, -0.15) is 0 Å². The standard InChI is InChI=1S/C17H23NO5/c1-22-10-13-6-7-15(23-13)14-3-2-8-18(14)16(19)11-4-5-12(9-11)17(20)21/h6-7,11-12,14H,2-5,8-10H2,1H3,(H,20,21)/t11-,12+,14?/m1/s1. The number of methoxy groups -OCH3 is 1. The fraction of sp³-hybridized carbons (Fsp3) is 0.647. The van der Waals surface area contributed by atoms with E-state index in [0.29, 0.717) is 25.9 Å². The number of nitrogens with zero attached hydrogens (tertiary/aromatic N) is 1. The van der Waals surface area contributed by atoms with Gasteiger partial charge in [-0.3, -0.25) is 9.59 Å².